The molecule has 0 saturated heterocycles. The summed E-state index contributed by atoms with van der Waals surface area (Å²) in [5.74, 6) is 1.58. The van der Waals surface area contributed by atoms with Crippen LogP contribution in [0.3, 0.4) is 0 Å². The van der Waals surface area contributed by atoms with E-state index in [0.717, 1.165) is 16.7 Å². The first-order chi connectivity index (χ1) is 9.92. The smallest absolute Gasteiger partial charge is 0.276 e. The fraction of sp³-hybridized carbons (Fsp3) is 0.250. The molecule has 0 amide bonds. The van der Waals surface area contributed by atoms with Gasteiger partial charge in [-0.25, -0.2) is 0 Å². The van der Waals surface area contributed by atoms with Gasteiger partial charge in [0.25, 0.3) is 5.69 Å². The Bertz CT molecular complexity index is 698. The van der Waals surface area contributed by atoms with Gasteiger partial charge in [-0.15, -0.1) is 11.6 Å². The molecule has 0 saturated carbocycles. The number of nitro groups is 1. The van der Waals surface area contributed by atoms with Crippen LogP contribution in [0.4, 0.5) is 5.69 Å². The van der Waals surface area contributed by atoms with Gasteiger partial charge < -0.3 is 4.74 Å². The predicted octanol–water partition coefficient (Wildman–Crippen LogP) is 5.05. The van der Waals surface area contributed by atoms with Crippen LogP contribution in [0.2, 0.25) is 0 Å². The molecule has 0 aromatic heterocycles. The van der Waals surface area contributed by atoms with Crippen molar-refractivity contribution in [3.8, 4) is 11.5 Å². The lowest BCUT2D eigenvalue weighted by Crippen LogP contribution is -1.96. The van der Waals surface area contributed by atoms with Gasteiger partial charge in [-0.2, -0.15) is 0 Å². The maximum Gasteiger partial charge on any atom is 0.276 e. The summed E-state index contributed by atoms with van der Waals surface area (Å²) < 4.78 is 5.79. The molecule has 0 unspecified atom stereocenters. The molecule has 2 aromatic rings. The molecule has 4 nitrogen and oxygen atoms in total. The van der Waals surface area contributed by atoms with Gasteiger partial charge in [0.2, 0.25) is 0 Å². The van der Waals surface area contributed by atoms with E-state index >= 15 is 0 Å². The number of alkyl halides is 1. The predicted molar refractivity (Wildman–Crippen MR) is 83.4 cm³/mol. The van der Waals surface area contributed by atoms with Crippen molar-refractivity contribution in [1.29, 1.82) is 0 Å². The second-order valence-corrected chi connectivity index (χ2v) is 5.25. The van der Waals surface area contributed by atoms with Gasteiger partial charge >= 0.3 is 0 Å². The zero-order valence-corrected chi connectivity index (χ0v) is 12.9. The molecule has 0 radical (unpaired) electrons. The van der Waals surface area contributed by atoms with Crippen LogP contribution in [-0.4, -0.2) is 4.92 Å². The van der Waals surface area contributed by atoms with Crippen molar-refractivity contribution >= 4 is 17.3 Å². The molecule has 110 valence electrons. The van der Waals surface area contributed by atoms with Crippen molar-refractivity contribution in [3.63, 3.8) is 0 Å². The van der Waals surface area contributed by atoms with Crippen LogP contribution in [0.5, 0.6) is 11.5 Å². The zero-order chi connectivity index (χ0) is 15.6. The third-order valence-corrected chi connectivity index (χ3v) is 3.66. The Morgan fingerprint density at radius 1 is 1.10 bits per heavy atom. The lowest BCUT2D eigenvalue weighted by atomic mass is 10.1. The van der Waals surface area contributed by atoms with Crippen molar-refractivity contribution in [3.05, 3.63) is 62.7 Å². The number of nitro benzene ring substituents is 1. The number of ether oxygens (including phenoxy) is 1. The van der Waals surface area contributed by atoms with Gasteiger partial charge in [-0.1, -0.05) is 6.07 Å². The summed E-state index contributed by atoms with van der Waals surface area (Å²) in [6.45, 7) is 5.54. The van der Waals surface area contributed by atoms with Crippen molar-refractivity contribution < 1.29 is 9.66 Å². The summed E-state index contributed by atoms with van der Waals surface area (Å²) in [4.78, 5) is 10.6. The molecular formula is C16H16ClNO3. The Kier molecular flexibility index (Phi) is 4.48. The standard InChI is InChI=1S/C16H16ClNO3/c1-10-7-14(5-4-13(10)9-17)21-16-8-15(18(19)20)11(2)6-12(16)3/h4-8H,9H2,1-3H3. The third kappa shape index (κ3) is 3.34. The maximum atomic E-state index is 11.0. The van der Waals surface area contributed by atoms with E-state index in [0.29, 0.717) is 22.9 Å². The number of halogens is 1. The van der Waals surface area contributed by atoms with E-state index in [2.05, 4.69) is 0 Å². The summed E-state index contributed by atoms with van der Waals surface area (Å²) in [5.41, 5.74) is 3.61. The first-order valence-corrected chi connectivity index (χ1v) is 7.05. The lowest BCUT2D eigenvalue weighted by molar-refractivity contribution is -0.385. The van der Waals surface area contributed by atoms with Crippen LogP contribution in [-0.2, 0) is 5.88 Å². The minimum atomic E-state index is -0.399. The summed E-state index contributed by atoms with van der Waals surface area (Å²) in [6.07, 6.45) is 0. The average Bonchev–Trinajstić information content (AvgIpc) is 2.41. The van der Waals surface area contributed by atoms with E-state index in [-0.39, 0.29) is 5.69 Å². The Morgan fingerprint density at radius 3 is 2.38 bits per heavy atom. The summed E-state index contributed by atoms with van der Waals surface area (Å²) >= 11 is 5.83. The summed E-state index contributed by atoms with van der Waals surface area (Å²) in [6, 6.07) is 8.82. The molecule has 0 aliphatic rings. The van der Waals surface area contributed by atoms with Crippen molar-refractivity contribution in [1.82, 2.24) is 0 Å². The molecule has 0 aliphatic carbocycles. The molecule has 0 N–H and O–H groups in total. The Hall–Kier alpha value is -2.07. The largest absolute Gasteiger partial charge is 0.457 e. The number of nitrogens with zero attached hydrogens (tertiary/aromatic N) is 1. The fourth-order valence-electron chi connectivity index (χ4n) is 2.14. The van der Waals surface area contributed by atoms with Gasteiger partial charge in [-0.3, -0.25) is 10.1 Å². The lowest BCUT2D eigenvalue weighted by Gasteiger charge is -2.11. The Balaban J connectivity index is 2.37. The molecule has 5 heteroatoms. The van der Waals surface area contributed by atoms with E-state index in [1.807, 2.05) is 32.0 Å². The fourth-order valence-corrected chi connectivity index (χ4v) is 2.44. The van der Waals surface area contributed by atoms with Gasteiger partial charge in [-0.05, 0) is 55.7 Å². The van der Waals surface area contributed by atoms with Crippen LogP contribution in [0.15, 0.2) is 30.3 Å². The molecule has 0 aliphatic heterocycles. The quantitative estimate of drug-likeness (QED) is 0.451. The molecule has 0 atom stereocenters. The first kappa shape index (κ1) is 15.3. The molecule has 2 rings (SSSR count). The van der Waals surface area contributed by atoms with Crippen molar-refractivity contribution in [2.24, 2.45) is 0 Å². The molecule has 0 heterocycles. The molecule has 0 bridgehead atoms. The molecule has 0 spiro atoms. The van der Waals surface area contributed by atoms with Gasteiger partial charge in [0.1, 0.15) is 11.5 Å². The van der Waals surface area contributed by atoms with E-state index in [4.69, 9.17) is 16.3 Å². The van der Waals surface area contributed by atoms with E-state index in [1.54, 1.807) is 13.0 Å². The first-order valence-electron chi connectivity index (χ1n) is 6.51. The van der Waals surface area contributed by atoms with Crippen LogP contribution in [0.25, 0.3) is 0 Å². The van der Waals surface area contributed by atoms with Crippen molar-refractivity contribution in [2.45, 2.75) is 26.7 Å². The second-order valence-electron chi connectivity index (χ2n) is 4.99. The number of hydrogen-bond acceptors (Lipinski definition) is 3. The minimum Gasteiger partial charge on any atom is -0.457 e. The van der Waals surface area contributed by atoms with E-state index in [9.17, 15) is 10.1 Å². The summed E-state index contributed by atoms with van der Waals surface area (Å²) in [5, 5.41) is 11.0. The number of benzene rings is 2. The zero-order valence-electron chi connectivity index (χ0n) is 12.1. The van der Waals surface area contributed by atoms with Crippen LogP contribution < -0.4 is 4.74 Å². The molecule has 0 fully saturated rings. The highest BCUT2D eigenvalue weighted by Crippen LogP contribution is 2.32. The Labute approximate surface area is 128 Å². The highest BCUT2D eigenvalue weighted by Gasteiger charge is 2.15. The molecule has 21 heavy (non-hydrogen) atoms. The van der Waals surface area contributed by atoms with Crippen LogP contribution >= 0.6 is 11.6 Å². The SMILES string of the molecule is Cc1cc(Oc2cc([N+](=O)[O-])c(C)cc2C)ccc1CCl. The monoisotopic (exact) mass is 305 g/mol. The van der Waals surface area contributed by atoms with Gasteiger partial charge in [0, 0.05) is 11.4 Å². The highest BCUT2D eigenvalue weighted by atomic mass is 35.5. The number of aryl methyl sites for hydroxylation is 3. The van der Waals surface area contributed by atoms with Gasteiger partial charge in [0.05, 0.1) is 11.0 Å². The normalized spacial score (nSPS) is 10.5. The van der Waals surface area contributed by atoms with Gasteiger partial charge in [0.15, 0.2) is 0 Å². The number of rotatable bonds is 4. The molecule has 2 aromatic carbocycles. The highest BCUT2D eigenvalue weighted by molar-refractivity contribution is 6.17. The average molecular weight is 306 g/mol. The molecular weight excluding hydrogens is 290 g/mol. The second kappa shape index (κ2) is 6.14. The maximum absolute atomic E-state index is 11.0. The minimum absolute atomic E-state index is 0.0599. The number of hydrogen-bond donors (Lipinski definition) is 0. The van der Waals surface area contributed by atoms with E-state index < -0.39 is 4.92 Å². The topological polar surface area (TPSA) is 52.4 Å². The van der Waals surface area contributed by atoms with Crippen molar-refractivity contribution in [2.75, 3.05) is 0 Å². The van der Waals surface area contributed by atoms with Crippen LogP contribution in [0, 0.1) is 30.9 Å². The van der Waals surface area contributed by atoms with E-state index in [1.165, 1.54) is 6.07 Å². The summed E-state index contributed by atoms with van der Waals surface area (Å²) in [7, 11) is 0. The van der Waals surface area contributed by atoms with Crippen LogP contribution in [0.1, 0.15) is 22.3 Å². The third-order valence-electron chi connectivity index (χ3n) is 3.38. The Morgan fingerprint density at radius 2 is 1.81 bits per heavy atom.